The highest BCUT2D eigenvalue weighted by Gasteiger charge is 2.35. The lowest BCUT2D eigenvalue weighted by molar-refractivity contribution is -0.0393. The van der Waals surface area contributed by atoms with E-state index in [1.54, 1.807) is 25.3 Å². The van der Waals surface area contributed by atoms with E-state index in [1.165, 1.54) is 0 Å². The molecule has 0 aliphatic heterocycles. The van der Waals surface area contributed by atoms with Crippen LogP contribution < -0.4 is 5.73 Å². The Balaban J connectivity index is 3.18. The molecule has 0 aliphatic carbocycles. The van der Waals surface area contributed by atoms with Crippen molar-refractivity contribution in [3.63, 3.8) is 0 Å². The van der Waals surface area contributed by atoms with Gasteiger partial charge in [-0.05, 0) is 34.8 Å². The van der Waals surface area contributed by atoms with E-state index in [2.05, 4.69) is 15.9 Å². The van der Waals surface area contributed by atoms with E-state index < -0.39 is 11.6 Å². The summed E-state index contributed by atoms with van der Waals surface area (Å²) in [4.78, 5) is 0. The summed E-state index contributed by atoms with van der Waals surface area (Å²) in [7, 11) is 1.63. The Morgan fingerprint density at radius 3 is 2.47 bits per heavy atom. The fourth-order valence-corrected chi connectivity index (χ4v) is 2.53. The maximum absolute atomic E-state index is 14.0. The van der Waals surface area contributed by atoms with Crippen molar-refractivity contribution in [1.82, 2.24) is 0 Å². The van der Waals surface area contributed by atoms with Crippen LogP contribution in [0.3, 0.4) is 0 Å². The van der Waals surface area contributed by atoms with E-state index in [9.17, 15) is 4.39 Å². The minimum absolute atomic E-state index is 0.302. The SMILES string of the molecule is CCC(CC)(OC)C(N)c1cccc(Br)c1F. The van der Waals surface area contributed by atoms with Gasteiger partial charge in [-0.2, -0.15) is 0 Å². The molecule has 1 atom stereocenters. The molecule has 0 saturated carbocycles. The number of hydrogen-bond donors (Lipinski definition) is 1. The molecule has 0 heterocycles. The Bertz CT molecular complexity index is 371. The second kappa shape index (κ2) is 5.94. The van der Waals surface area contributed by atoms with Gasteiger partial charge >= 0.3 is 0 Å². The number of rotatable bonds is 5. The lowest BCUT2D eigenvalue weighted by Crippen LogP contribution is -2.42. The van der Waals surface area contributed by atoms with E-state index in [4.69, 9.17) is 10.5 Å². The molecule has 17 heavy (non-hydrogen) atoms. The van der Waals surface area contributed by atoms with Crippen molar-refractivity contribution < 1.29 is 9.13 Å². The van der Waals surface area contributed by atoms with E-state index in [-0.39, 0.29) is 5.82 Å². The third-order valence-corrected chi connectivity index (χ3v) is 4.10. The molecule has 0 spiro atoms. The van der Waals surface area contributed by atoms with Gasteiger partial charge in [-0.15, -0.1) is 0 Å². The number of methoxy groups -OCH3 is 1. The second-order valence-corrected chi connectivity index (χ2v) is 4.95. The van der Waals surface area contributed by atoms with Crippen molar-refractivity contribution in [3.8, 4) is 0 Å². The molecule has 96 valence electrons. The Morgan fingerprint density at radius 1 is 1.41 bits per heavy atom. The topological polar surface area (TPSA) is 35.2 Å². The van der Waals surface area contributed by atoms with Gasteiger partial charge in [0.15, 0.2) is 0 Å². The number of benzene rings is 1. The first-order valence-corrected chi connectivity index (χ1v) is 6.56. The van der Waals surface area contributed by atoms with Gasteiger partial charge in [0.1, 0.15) is 5.82 Å². The number of hydrogen-bond acceptors (Lipinski definition) is 2. The average molecular weight is 304 g/mol. The molecule has 0 aliphatic rings. The van der Waals surface area contributed by atoms with Gasteiger partial charge < -0.3 is 10.5 Å². The lowest BCUT2D eigenvalue weighted by Gasteiger charge is -2.36. The van der Waals surface area contributed by atoms with Crippen LogP contribution in [0.4, 0.5) is 4.39 Å². The van der Waals surface area contributed by atoms with Crippen LogP contribution in [-0.4, -0.2) is 12.7 Å². The average Bonchev–Trinajstić information content (AvgIpc) is 2.35. The van der Waals surface area contributed by atoms with Crippen LogP contribution in [0, 0.1) is 5.82 Å². The predicted molar refractivity (Wildman–Crippen MR) is 71.4 cm³/mol. The summed E-state index contributed by atoms with van der Waals surface area (Å²) in [5.41, 5.74) is 6.17. The van der Waals surface area contributed by atoms with Gasteiger partial charge in [-0.1, -0.05) is 26.0 Å². The first-order valence-electron chi connectivity index (χ1n) is 5.77. The molecule has 0 aromatic heterocycles. The van der Waals surface area contributed by atoms with Crippen LogP contribution in [-0.2, 0) is 4.74 Å². The monoisotopic (exact) mass is 303 g/mol. The van der Waals surface area contributed by atoms with Gasteiger partial charge in [0.2, 0.25) is 0 Å². The number of ether oxygens (including phenoxy) is 1. The van der Waals surface area contributed by atoms with Crippen molar-refractivity contribution in [2.75, 3.05) is 7.11 Å². The molecule has 2 N–H and O–H groups in total. The van der Waals surface area contributed by atoms with E-state index in [1.807, 2.05) is 13.8 Å². The Kier molecular flexibility index (Phi) is 5.10. The summed E-state index contributed by atoms with van der Waals surface area (Å²) in [6.45, 7) is 4.01. The maximum Gasteiger partial charge on any atom is 0.142 e. The molecule has 1 unspecified atom stereocenters. The summed E-state index contributed by atoms with van der Waals surface area (Å²) >= 11 is 3.18. The minimum Gasteiger partial charge on any atom is -0.376 e. The summed E-state index contributed by atoms with van der Waals surface area (Å²) in [5, 5.41) is 0. The molecule has 0 amide bonds. The van der Waals surface area contributed by atoms with Crippen LogP contribution in [0.2, 0.25) is 0 Å². The maximum atomic E-state index is 14.0. The zero-order valence-corrected chi connectivity index (χ0v) is 12.1. The van der Waals surface area contributed by atoms with Crippen molar-refractivity contribution in [2.24, 2.45) is 5.73 Å². The first kappa shape index (κ1) is 14.6. The van der Waals surface area contributed by atoms with Gasteiger partial charge in [-0.3, -0.25) is 0 Å². The fourth-order valence-electron chi connectivity index (χ4n) is 2.15. The predicted octanol–water partition coefficient (Wildman–Crippen LogP) is 3.79. The van der Waals surface area contributed by atoms with E-state index >= 15 is 0 Å². The normalized spacial score (nSPS) is 13.8. The fraction of sp³-hybridized carbons (Fsp3) is 0.538. The molecule has 0 fully saturated rings. The first-order chi connectivity index (χ1) is 8.02. The molecule has 0 saturated heterocycles. The van der Waals surface area contributed by atoms with Crippen molar-refractivity contribution in [1.29, 1.82) is 0 Å². The molecular formula is C13H19BrFNO. The molecule has 1 aromatic rings. The second-order valence-electron chi connectivity index (χ2n) is 4.10. The van der Waals surface area contributed by atoms with Crippen LogP contribution in [0.5, 0.6) is 0 Å². The minimum atomic E-state index is -0.512. The lowest BCUT2D eigenvalue weighted by atomic mass is 9.84. The summed E-state index contributed by atoms with van der Waals surface area (Å²) < 4.78 is 20.0. The van der Waals surface area contributed by atoms with E-state index in [0.29, 0.717) is 10.0 Å². The Labute approximate surface area is 110 Å². The molecule has 0 radical (unpaired) electrons. The van der Waals surface area contributed by atoms with Gasteiger partial charge in [0.05, 0.1) is 16.1 Å². The van der Waals surface area contributed by atoms with Gasteiger partial charge in [0.25, 0.3) is 0 Å². The quantitative estimate of drug-likeness (QED) is 0.898. The van der Waals surface area contributed by atoms with Gasteiger partial charge in [-0.25, -0.2) is 4.39 Å². The zero-order chi connectivity index (χ0) is 13.1. The molecule has 1 rings (SSSR count). The van der Waals surface area contributed by atoms with Crippen molar-refractivity contribution in [2.45, 2.75) is 38.3 Å². The van der Waals surface area contributed by atoms with Crippen molar-refractivity contribution >= 4 is 15.9 Å². The molecular weight excluding hydrogens is 285 g/mol. The van der Waals surface area contributed by atoms with Crippen LogP contribution >= 0.6 is 15.9 Å². The number of nitrogens with two attached hydrogens (primary N) is 1. The molecule has 4 heteroatoms. The Morgan fingerprint density at radius 2 is 2.00 bits per heavy atom. The third kappa shape index (κ3) is 2.69. The van der Waals surface area contributed by atoms with E-state index in [0.717, 1.165) is 12.8 Å². The Hall–Kier alpha value is -0.450. The molecule has 1 aromatic carbocycles. The molecule has 0 bridgehead atoms. The summed E-state index contributed by atoms with van der Waals surface area (Å²) in [5.74, 6) is -0.302. The van der Waals surface area contributed by atoms with Crippen LogP contribution in [0.15, 0.2) is 22.7 Å². The highest BCUT2D eigenvalue weighted by atomic mass is 79.9. The highest BCUT2D eigenvalue weighted by Crippen LogP contribution is 2.35. The standard InChI is InChI=1S/C13H19BrFNO/c1-4-13(5-2,17-3)12(16)9-7-6-8-10(14)11(9)15/h6-8,12H,4-5,16H2,1-3H3. The third-order valence-electron chi connectivity index (χ3n) is 3.49. The van der Waals surface area contributed by atoms with Crippen molar-refractivity contribution in [3.05, 3.63) is 34.1 Å². The van der Waals surface area contributed by atoms with Crippen LogP contribution in [0.25, 0.3) is 0 Å². The zero-order valence-electron chi connectivity index (χ0n) is 10.5. The van der Waals surface area contributed by atoms with Crippen LogP contribution in [0.1, 0.15) is 38.3 Å². The summed E-state index contributed by atoms with van der Waals surface area (Å²) in [6.07, 6.45) is 1.49. The number of halogens is 2. The van der Waals surface area contributed by atoms with Gasteiger partial charge in [0, 0.05) is 12.7 Å². The summed E-state index contributed by atoms with van der Waals surface area (Å²) in [6, 6.07) is 4.69. The highest BCUT2D eigenvalue weighted by molar-refractivity contribution is 9.10. The molecule has 2 nitrogen and oxygen atoms in total. The largest absolute Gasteiger partial charge is 0.376 e. The smallest absolute Gasteiger partial charge is 0.142 e.